The summed E-state index contributed by atoms with van der Waals surface area (Å²) in [5.41, 5.74) is 0.588. The third-order valence-corrected chi connectivity index (χ3v) is 8.97. The van der Waals surface area contributed by atoms with Gasteiger partial charge >= 0.3 is 0 Å². The number of nitrogens with one attached hydrogen (secondary N) is 1. The number of anilines is 1. The highest BCUT2D eigenvalue weighted by Crippen LogP contribution is 2.25. The molecule has 10 heteroatoms. The van der Waals surface area contributed by atoms with Gasteiger partial charge in [-0.05, 0) is 42.9 Å². The van der Waals surface area contributed by atoms with E-state index in [4.69, 9.17) is 11.6 Å². The molecule has 1 fully saturated rings. The molecule has 1 saturated heterocycles. The third kappa shape index (κ3) is 6.19. The summed E-state index contributed by atoms with van der Waals surface area (Å²) >= 11 is 8.92. The van der Waals surface area contributed by atoms with Crippen molar-refractivity contribution in [1.29, 1.82) is 0 Å². The zero-order chi connectivity index (χ0) is 20.9. The molecule has 0 bridgehead atoms. The molecule has 158 valence electrons. The van der Waals surface area contributed by atoms with Crippen molar-refractivity contribution in [3.05, 3.63) is 45.6 Å². The maximum Gasteiger partial charge on any atom is 0.243 e. The van der Waals surface area contributed by atoms with E-state index in [0.29, 0.717) is 24.5 Å². The van der Waals surface area contributed by atoms with Crippen LogP contribution in [0.5, 0.6) is 0 Å². The molecule has 1 aliphatic rings. The number of amides is 1. The molecule has 1 aliphatic heterocycles. The van der Waals surface area contributed by atoms with Crippen LogP contribution in [-0.4, -0.2) is 62.0 Å². The van der Waals surface area contributed by atoms with Crippen LogP contribution in [0.25, 0.3) is 0 Å². The van der Waals surface area contributed by atoms with E-state index in [1.165, 1.54) is 27.4 Å². The van der Waals surface area contributed by atoms with Crippen LogP contribution in [0.15, 0.2) is 41.3 Å². The first kappa shape index (κ1) is 22.6. The lowest BCUT2D eigenvalue weighted by molar-refractivity contribution is -0.113. The lowest BCUT2D eigenvalue weighted by atomic mass is 10.3. The molecule has 1 aromatic heterocycles. The molecule has 2 heterocycles. The molecule has 0 spiro atoms. The van der Waals surface area contributed by atoms with Crippen LogP contribution < -0.4 is 5.32 Å². The molecule has 0 aliphatic carbocycles. The molecular formula is C19H24ClN3O3S3. The van der Waals surface area contributed by atoms with Crippen molar-refractivity contribution < 1.29 is 13.2 Å². The number of benzene rings is 1. The number of carbonyl (C=O) groups is 1. The smallest absolute Gasteiger partial charge is 0.243 e. The second-order valence-electron chi connectivity index (χ2n) is 6.61. The number of hydrogen-bond donors (Lipinski definition) is 1. The monoisotopic (exact) mass is 473 g/mol. The van der Waals surface area contributed by atoms with Crippen molar-refractivity contribution in [2.24, 2.45) is 0 Å². The number of likely N-dealkylation sites (N-methyl/N-ethyl adjacent to an activating group) is 1. The van der Waals surface area contributed by atoms with Crippen molar-refractivity contribution in [3.63, 3.8) is 0 Å². The van der Waals surface area contributed by atoms with Crippen LogP contribution in [0.3, 0.4) is 0 Å². The standard InChI is InChI=1S/C19H24ClN3O3S3/c1-2-22-9-11-23(12-10-22)29(25,26)17-6-3-15(4-7-17)21-19(24)14-27-13-16-5-8-18(20)28-16/h3-8H,2,9-14H2,1H3,(H,21,24). The van der Waals surface area contributed by atoms with Gasteiger partial charge in [-0.1, -0.05) is 18.5 Å². The number of nitrogens with zero attached hydrogens (tertiary/aromatic N) is 2. The molecule has 29 heavy (non-hydrogen) atoms. The minimum Gasteiger partial charge on any atom is -0.325 e. The van der Waals surface area contributed by atoms with Crippen molar-refractivity contribution in [1.82, 2.24) is 9.21 Å². The van der Waals surface area contributed by atoms with E-state index in [1.54, 1.807) is 24.3 Å². The SMILES string of the molecule is CCN1CCN(S(=O)(=O)c2ccc(NC(=O)CSCc3ccc(Cl)s3)cc2)CC1. The van der Waals surface area contributed by atoms with Crippen molar-refractivity contribution in [2.75, 3.05) is 43.8 Å². The Morgan fingerprint density at radius 2 is 1.83 bits per heavy atom. The molecule has 0 radical (unpaired) electrons. The summed E-state index contributed by atoms with van der Waals surface area (Å²) in [7, 11) is -3.50. The Morgan fingerprint density at radius 1 is 1.14 bits per heavy atom. The number of hydrogen-bond acceptors (Lipinski definition) is 6. The van der Waals surface area contributed by atoms with Gasteiger partial charge in [0.1, 0.15) is 0 Å². The Hall–Kier alpha value is -1.10. The molecule has 1 aromatic carbocycles. The number of sulfonamides is 1. The molecule has 0 saturated carbocycles. The average Bonchev–Trinajstić information content (AvgIpc) is 3.13. The van der Waals surface area contributed by atoms with Gasteiger partial charge in [0, 0.05) is 42.5 Å². The Morgan fingerprint density at radius 3 is 2.41 bits per heavy atom. The number of thiophene rings is 1. The van der Waals surface area contributed by atoms with Crippen LogP contribution in [0, 0.1) is 0 Å². The summed E-state index contributed by atoms with van der Waals surface area (Å²) in [6.45, 7) is 5.51. The molecular weight excluding hydrogens is 450 g/mol. The normalized spacial score (nSPS) is 16.1. The van der Waals surface area contributed by atoms with Crippen LogP contribution >= 0.6 is 34.7 Å². The molecule has 2 aromatic rings. The van der Waals surface area contributed by atoms with E-state index in [9.17, 15) is 13.2 Å². The summed E-state index contributed by atoms with van der Waals surface area (Å²) in [6, 6.07) is 10.2. The first-order valence-electron chi connectivity index (χ1n) is 9.33. The largest absolute Gasteiger partial charge is 0.325 e. The molecule has 1 N–H and O–H groups in total. The highest BCUT2D eigenvalue weighted by Gasteiger charge is 2.27. The Kier molecular flexibility index (Phi) is 8.00. The molecule has 0 atom stereocenters. The fraction of sp³-hybridized carbons (Fsp3) is 0.421. The van der Waals surface area contributed by atoms with Gasteiger partial charge in [0.2, 0.25) is 15.9 Å². The van der Waals surface area contributed by atoms with Gasteiger partial charge in [0.25, 0.3) is 0 Å². The first-order valence-corrected chi connectivity index (χ1v) is 13.1. The van der Waals surface area contributed by atoms with Gasteiger partial charge in [-0.15, -0.1) is 23.1 Å². The number of thioether (sulfide) groups is 1. The van der Waals surface area contributed by atoms with E-state index in [0.717, 1.165) is 34.6 Å². The third-order valence-electron chi connectivity index (χ3n) is 4.66. The zero-order valence-electron chi connectivity index (χ0n) is 16.1. The molecule has 6 nitrogen and oxygen atoms in total. The van der Waals surface area contributed by atoms with Crippen LogP contribution in [0.4, 0.5) is 5.69 Å². The van der Waals surface area contributed by atoms with Gasteiger partial charge in [-0.25, -0.2) is 8.42 Å². The van der Waals surface area contributed by atoms with E-state index in [1.807, 2.05) is 12.1 Å². The Bertz CT molecular complexity index is 924. The number of rotatable bonds is 8. The summed E-state index contributed by atoms with van der Waals surface area (Å²) in [6.07, 6.45) is 0. The summed E-state index contributed by atoms with van der Waals surface area (Å²) in [5.74, 6) is 0.925. The number of piperazine rings is 1. The number of halogens is 1. The topological polar surface area (TPSA) is 69.7 Å². The summed E-state index contributed by atoms with van der Waals surface area (Å²) in [5, 5.41) is 2.81. The van der Waals surface area contributed by atoms with Gasteiger partial charge in [0.05, 0.1) is 15.0 Å². The average molecular weight is 474 g/mol. The van der Waals surface area contributed by atoms with Gasteiger partial charge in [0.15, 0.2) is 0 Å². The van der Waals surface area contributed by atoms with Gasteiger partial charge < -0.3 is 10.2 Å². The fourth-order valence-electron chi connectivity index (χ4n) is 3.02. The van der Waals surface area contributed by atoms with Gasteiger partial charge in [-0.2, -0.15) is 4.31 Å². The second kappa shape index (κ2) is 10.3. The van der Waals surface area contributed by atoms with E-state index >= 15 is 0 Å². The zero-order valence-corrected chi connectivity index (χ0v) is 19.3. The molecule has 3 rings (SSSR count). The van der Waals surface area contributed by atoms with E-state index < -0.39 is 10.0 Å². The number of carbonyl (C=O) groups excluding carboxylic acids is 1. The highest BCUT2D eigenvalue weighted by molar-refractivity contribution is 7.99. The van der Waals surface area contributed by atoms with Crippen LogP contribution in [-0.2, 0) is 20.6 Å². The predicted octanol–water partition coefficient (Wildman–Crippen LogP) is 3.60. The van der Waals surface area contributed by atoms with Crippen molar-refractivity contribution in [2.45, 2.75) is 17.6 Å². The lowest BCUT2D eigenvalue weighted by Gasteiger charge is -2.33. The fourth-order valence-corrected chi connectivity index (χ4v) is 6.46. The predicted molar refractivity (Wildman–Crippen MR) is 121 cm³/mol. The molecule has 1 amide bonds. The quantitative estimate of drug-likeness (QED) is 0.634. The lowest BCUT2D eigenvalue weighted by Crippen LogP contribution is -2.48. The van der Waals surface area contributed by atoms with Crippen molar-refractivity contribution in [3.8, 4) is 0 Å². The Labute approximate surface area is 185 Å². The minimum atomic E-state index is -3.50. The van der Waals surface area contributed by atoms with E-state index in [2.05, 4.69) is 17.1 Å². The van der Waals surface area contributed by atoms with Crippen molar-refractivity contribution >= 4 is 56.3 Å². The minimum absolute atomic E-state index is 0.121. The van der Waals surface area contributed by atoms with E-state index in [-0.39, 0.29) is 10.8 Å². The first-order chi connectivity index (χ1) is 13.9. The molecule has 0 unspecified atom stereocenters. The van der Waals surface area contributed by atoms with Gasteiger partial charge in [-0.3, -0.25) is 4.79 Å². The summed E-state index contributed by atoms with van der Waals surface area (Å²) < 4.78 is 27.9. The van der Waals surface area contributed by atoms with Crippen LogP contribution in [0.2, 0.25) is 4.34 Å². The highest BCUT2D eigenvalue weighted by atomic mass is 35.5. The maximum absolute atomic E-state index is 12.8. The van der Waals surface area contributed by atoms with Crippen LogP contribution in [0.1, 0.15) is 11.8 Å². The second-order valence-corrected chi connectivity index (χ2v) is 11.3. The summed E-state index contributed by atoms with van der Waals surface area (Å²) in [4.78, 5) is 15.7. The maximum atomic E-state index is 12.8. The Balaban J connectivity index is 1.50.